The van der Waals surface area contributed by atoms with Crippen molar-refractivity contribution in [2.45, 2.75) is 25.4 Å². The molecule has 0 N–H and O–H groups in total. The maximum atomic E-state index is 13.1. The fourth-order valence-electron chi connectivity index (χ4n) is 3.53. The Morgan fingerprint density at radius 3 is 2.76 bits per heavy atom. The van der Waals surface area contributed by atoms with Gasteiger partial charge in [0.25, 0.3) is 0 Å². The maximum Gasteiger partial charge on any atom is 0.328 e. The molecule has 2 heterocycles. The van der Waals surface area contributed by atoms with Gasteiger partial charge in [-0.3, -0.25) is 4.79 Å². The van der Waals surface area contributed by atoms with Crippen molar-refractivity contribution >= 4 is 39.1 Å². The number of rotatable bonds is 4. The van der Waals surface area contributed by atoms with Gasteiger partial charge < -0.3 is 9.64 Å². The fraction of sp³-hybridized carbons (Fsp3) is 0.227. The first-order valence-corrected chi connectivity index (χ1v) is 10.9. The van der Waals surface area contributed by atoms with Crippen molar-refractivity contribution in [2.75, 3.05) is 7.11 Å². The predicted molar refractivity (Wildman–Crippen MR) is 115 cm³/mol. The zero-order valence-electron chi connectivity index (χ0n) is 15.8. The van der Waals surface area contributed by atoms with E-state index in [0.29, 0.717) is 18.7 Å². The van der Waals surface area contributed by atoms with Crippen LogP contribution in [0.2, 0.25) is 0 Å². The number of carbonyl (C=O) groups is 2. The molecule has 1 aliphatic rings. The molecule has 0 saturated heterocycles. The molecule has 0 fully saturated rings. The number of carbonyl (C=O) groups excluding carboxylic acids is 2. The molecule has 2 aromatic carbocycles. The van der Waals surface area contributed by atoms with Gasteiger partial charge in [-0.05, 0) is 23.3 Å². The van der Waals surface area contributed by atoms with Crippen LogP contribution in [0.4, 0.5) is 0 Å². The second-order valence-corrected chi connectivity index (χ2v) is 8.64. The minimum Gasteiger partial charge on any atom is -0.467 e. The summed E-state index contributed by atoms with van der Waals surface area (Å²) in [6.45, 7) is 0.400. The number of thiazole rings is 1. The highest BCUT2D eigenvalue weighted by molar-refractivity contribution is 9.10. The molecule has 0 saturated carbocycles. The average molecular weight is 471 g/mol. The molecule has 1 unspecified atom stereocenters. The standard InChI is InChI=1S/C22H19BrN2O3S/c1-28-22(27)19-10-14-5-2-3-6-16(14)12-25(19)20(26)11-18-13-29-21(24-18)15-7-4-8-17(23)9-15/h2-9,13,19H,10-12H2,1H3. The molecule has 29 heavy (non-hydrogen) atoms. The van der Waals surface area contributed by atoms with Crippen molar-refractivity contribution in [3.8, 4) is 10.6 Å². The number of nitrogens with zero attached hydrogens (tertiary/aromatic N) is 2. The van der Waals surface area contributed by atoms with Crippen LogP contribution in [-0.4, -0.2) is 34.9 Å². The van der Waals surface area contributed by atoms with Crippen molar-refractivity contribution in [3.05, 3.63) is 75.2 Å². The molecular weight excluding hydrogens is 452 g/mol. The van der Waals surface area contributed by atoms with E-state index in [-0.39, 0.29) is 18.3 Å². The predicted octanol–water partition coefficient (Wildman–Crippen LogP) is 4.24. The highest BCUT2D eigenvalue weighted by Gasteiger charge is 2.35. The van der Waals surface area contributed by atoms with Gasteiger partial charge in [0.1, 0.15) is 11.0 Å². The molecule has 1 aromatic heterocycles. The molecule has 0 radical (unpaired) electrons. The van der Waals surface area contributed by atoms with Gasteiger partial charge in [-0.1, -0.05) is 52.3 Å². The number of aromatic nitrogens is 1. The molecule has 5 nitrogen and oxygen atoms in total. The van der Waals surface area contributed by atoms with Gasteiger partial charge in [-0.25, -0.2) is 9.78 Å². The monoisotopic (exact) mass is 470 g/mol. The Morgan fingerprint density at radius 2 is 2.00 bits per heavy atom. The molecule has 1 aliphatic heterocycles. The number of hydrogen-bond acceptors (Lipinski definition) is 5. The van der Waals surface area contributed by atoms with E-state index in [4.69, 9.17) is 4.74 Å². The second-order valence-electron chi connectivity index (χ2n) is 6.86. The molecular formula is C22H19BrN2O3S. The second kappa shape index (κ2) is 8.47. The van der Waals surface area contributed by atoms with Crippen LogP contribution in [0, 0.1) is 0 Å². The first-order chi connectivity index (χ1) is 14.0. The smallest absolute Gasteiger partial charge is 0.328 e. The van der Waals surface area contributed by atoms with Crippen LogP contribution in [0.25, 0.3) is 10.6 Å². The van der Waals surface area contributed by atoms with Crippen LogP contribution >= 0.6 is 27.3 Å². The Hall–Kier alpha value is -2.51. The van der Waals surface area contributed by atoms with Crippen LogP contribution in [-0.2, 0) is 33.7 Å². The summed E-state index contributed by atoms with van der Waals surface area (Å²) < 4.78 is 5.94. The summed E-state index contributed by atoms with van der Waals surface area (Å²) in [6, 6.07) is 15.2. The number of benzene rings is 2. The third-order valence-electron chi connectivity index (χ3n) is 5.00. The normalized spacial score (nSPS) is 15.7. The van der Waals surface area contributed by atoms with E-state index >= 15 is 0 Å². The summed E-state index contributed by atoms with van der Waals surface area (Å²) in [6.07, 6.45) is 0.620. The van der Waals surface area contributed by atoms with E-state index in [1.54, 1.807) is 4.90 Å². The van der Waals surface area contributed by atoms with Gasteiger partial charge in [-0.15, -0.1) is 11.3 Å². The highest BCUT2D eigenvalue weighted by atomic mass is 79.9. The molecule has 4 rings (SSSR count). The van der Waals surface area contributed by atoms with Crippen molar-refractivity contribution in [1.82, 2.24) is 9.88 Å². The quantitative estimate of drug-likeness (QED) is 0.535. The number of amides is 1. The molecule has 0 spiro atoms. The molecule has 7 heteroatoms. The maximum absolute atomic E-state index is 13.1. The van der Waals surface area contributed by atoms with Gasteiger partial charge in [0.15, 0.2) is 0 Å². The van der Waals surface area contributed by atoms with E-state index in [9.17, 15) is 9.59 Å². The molecule has 0 aliphatic carbocycles. The lowest BCUT2D eigenvalue weighted by Crippen LogP contribution is -2.49. The number of ether oxygens (including phenoxy) is 1. The molecule has 3 aromatic rings. The van der Waals surface area contributed by atoms with Crippen LogP contribution in [0.15, 0.2) is 58.4 Å². The lowest BCUT2D eigenvalue weighted by atomic mass is 9.93. The largest absolute Gasteiger partial charge is 0.467 e. The Kier molecular flexibility index (Phi) is 5.78. The minimum absolute atomic E-state index is 0.124. The Labute approximate surface area is 181 Å². The first-order valence-electron chi connectivity index (χ1n) is 9.19. The lowest BCUT2D eigenvalue weighted by molar-refractivity contribution is -0.153. The van der Waals surface area contributed by atoms with E-state index in [0.717, 1.165) is 26.2 Å². The van der Waals surface area contributed by atoms with Gasteiger partial charge in [0.05, 0.1) is 19.2 Å². The summed E-state index contributed by atoms with van der Waals surface area (Å²) >= 11 is 4.98. The Bertz CT molecular complexity index is 1070. The number of fused-ring (bicyclic) bond motifs is 1. The van der Waals surface area contributed by atoms with Crippen molar-refractivity contribution in [2.24, 2.45) is 0 Å². The third kappa shape index (κ3) is 4.26. The highest BCUT2D eigenvalue weighted by Crippen LogP contribution is 2.28. The van der Waals surface area contributed by atoms with Crippen LogP contribution in [0.3, 0.4) is 0 Å². The van der Waals surface area contributed by atoms with Crippen LogP contribution in [0.5, 0.6) is 0 Å². The average Bonchev–Trinajstić information content (AvgIpc) is 3.20. The van der Waals surface area contributed by atoms with E-state index in [2.05, 4.69) is 20.9 Å². The van der Waals surface area contributed by atoms with Crippen molar-refractivity contribution < 1.29 is 14.3 Å². The van der Waals surface area contributed by atoms with Gasteiger partial charge >= 0.3 is 5.97 Å². The summed E-state index contributed by atoms with van der Waals surface area (Å²) in [7, 11) is 1.36. The fourth-order valence-corrected chi connectivity index (χ4v) is 4.75. The molecule has 0 bridgehead atoms. The molecule has 1 amide bonds. The minimum atomic E-state index is -0.606. The number of hydrogen-bond donors (Lipinski definition) is 0. The van der Waals surface area contributed by atoms with Crippen LogP contribution in [0.1, 0.15) is 16.8 Å². The topological polar surface area (TPSA) is 59.5 Å². The number of methoxy groups -OCH3 is 1. The van der Waals surface area contributed by atoms with Gasteiger partial charge in [-0.2, -0.15) is 0 Å². The van der Waals surface area contributed by atoms with E-state index < -0.39 is 6.04 Å². The first kappa shape index (κ1) is 19.8. The lowest BCUT2D eigenvalue weighted by Gasteiger charge is -2.35. The van der Waals surface area contributed by atoms with Crippen molar-refractivity contribution in [3.63, 3.8) is 0 Å². The van der Waals surface area contributed by atoms with Gasteiger partial charge in [0, 0.05) is 28.4 Å². The van der Waals surface area contributed by atoms with E-state index in [1.165, 1.54) is 18.4 Å². The zero-order chi connectivity index (χ0) is 20.4. The Morgan fingerprint density at radius 1 is 1.21 bits per heavy atom. The Balaban J connectivity index is 1.55. The summed E-state index contributed by atoms with van der Waals surface area (Å²) in [5.41, 5.74) is 3.85. The van der Waals surface area contributed by atoms with Crippen molar-refractivity contribution in [1.29, 1.82) is 0 Å². The van der Waals surface area contributed by atoms with Crippen LogP contribution < -0.4 is 0 Å². The van der Waals surface area contributed by atoms with Gasteiger partial charge in [0.2, 0.25) is 5.91 Å². The van der Waals surface area contributed by atoms with E-state index in [1.807, 2.05) is 53.9 Å². The molecule has 1 atom stereocenters. The summed E-state index contributed by atoms with van der Waals surface area (Å²) in [5, 5.41) is 2.77. The molecule has 148 valence electrons. The summed E-state index contributed by atoms with van der Waals surface area (Å²) in [5.74, 6) is -0.512. The SMILES string of the molecule is COC(=O)C1Cc2ccccc2CN1C(=O)Cc1csc(-c2cccc(Br)c2)n1. The number of esters is 1. The zero-order valence-corrected chi connectivity index (χ0v) is 18.2. The summed E-state index contributed by atoms with van der Waals surface area (Å²) in [4.78, 5) is 31.7. The number of halogens is 1. The third-order valence-corrected chi connectivity index (χ3v) is 6.43.